The first kappa shape index (κ1) is 21.9. The molecule has 0 saturated carbocycles. The summed E-state index contributed by atoms with van der Waals surface area (Å²) in [4.78, 5) is 37.8. The molecule has 0 bridgehead atoms. The molecular weight excluding hydrogens is 434 g/mol. The number of nitrogens with zero attached hydrogens (tertiary/aromatic N) is 1. The van der Waals surface area contributed by atoms with E-state index in [-0.39, 0.29) is 12.5 Å². The minimum atomic E-state index is -0.894. The number of carbonyl (C=O) groups is 2. The van der Waals surface area contributed by atoms with Crippen LogP contribution < -0.4 is 10.4 Å². The lowest BCUT2D eigenvalue weighted by Gasteiger charge is -2.32. The van der Waals surface area contributed by atoms with E-state index in [9.17, 15) is 19.5 Å². The van der Waals surface area contributed by atoms with Crippen LogP contribution in [0.15, 0.2) is 57.7 Å². The summed E-state index contributed by atoms with van der Waals surface area (Å²) < 4.78 is 11.2. The summed E-state index contributed by atoms with van der Waals surface area (Å²) in [6, 6.07) is 13.6. The van der Waals surface area contributed by atoms with Crippen molar-refractivity contribution in [3.8, 4) is 16.9 Å². The van der Waals surface area contributed by atoms with Gasteiger partial charge in [-0.15, -0.1) is 0 Å². The zero-order chi connectivity index (χ0) is 22.8. The van der Waals surface area contributed by atoms with E-state index >= 15 is 0 Å². The Labute approximate surface area is 189 Å². The van der Waals surface area contributed by atoms with E-state index in [1.165, 1.54) is 11.0 Å². The maximum Gasteiger partial charge on any atom is 0.336 e. The van der Waals surface area contributed by atoms with Crippen molar-refractivity contribution in [2.24, 2.45) is 5.92 Å². The number of carboxylic acid groups (broad SMARTS) is 1. The molecule has 1 amide bonds. The molecule has 0 aliphatic carbocycles. The number of hydrogen-bond acceptors (Lipinski definition) is 5. The van der Waals surface area contributed by atoms with Crippen LogP contribution in [0.2, 0.25) is 5.02 Å². The van der Waals surface area contributed by atoms with Crippen LogP contribution in [-0.2, 0) is 9.59 Å². The lowest BCUT2D eigenvalue weighted by Crippen LogP contribution is -2.47. The Kier molecular flexibility index (Phi) is 6.19. The summed E-state index contributed by atoms with van der Waals surface area (Å²) in [5, 5.41) is 10.4. The van der Waals surface area contributed by atoms with Crippen LogP contribution >= 0.6 is 11.6 Å². The lowest BCUT2D eigenvalue weighted by molar-refractivity contribution is -0.147. The fraction of sp³-hybridized carbons (Fsp3) is 0.292. The summed E-state index contributed by atoms with van der Waals surface area (Å²) in [6.07, 6.45) is 0.381. The van der Waals surface area contributed by atoms with Gasteiger partial charge in [0, 0.05) is 46.8 Å². The molecule has 0 radical (unpaired) electrons. The highest BCUT2D eigenvalue weighted by molar-refractivity contribution is 6.33. The fourth-order valence-corrected chi connectivity index (χ4v) is 4.25. The maximum absolute atomic E-state index is 12.8. The SMILES string of the molecule is CC(Oc1ccc2c(-c3ccccc3Cl)cc(=O)oc2c1)C(=O)N1CCC[C@H](C(=O)O)C1. The van der Waals surface area contributed by atoms with Crippen LogP contribution in [0.3, 0.4) is 0 Å². The first-order valence-corrected chi connectivity index (χ1v) is 10.7. The van der Waals surface area contributed by atoms with Crippen molar-refractivity contribution in [3.63, 3.8) is 0 Å². The van der Waals surface area contributed by atoms with E-state index < -0.39 is 23.6 Å². The lowest BCUT2D eigenvalue weighted by atomic mass is 9.98. The molecule has 2 atom stereocenters. The number of carboxylic acids is 1. The van der Waals surface area contributed by atoms with E-state index in [4.69, 9.17) is 20.8 Å². The number of benzene rings is 2. The third kappa shape index (κ3) is 4.48. The number of ether oxygens (including phenoxy) is 1. The zero-order valence-corrected chi connectivity index (χ0v) is 18.2. The molecule has 1 aliphatic heterocycles. The molecule has 8 heteroatoms. The maximum atomic E-state index is 12.8. The predicted octanol–water partition coefficient (Wildman–Crippen LogP) is 4.20. The van der Waals surface area contributed by atoms with Crippen LogP contribution in [-0.4, -0.2) is 41.1 Å². The first-order chi connectivity index (χ1) is 15.3. The molecule has 1 unspecified atom stereocenters. The molecule has 4 rings (SSSR count). The van der Waals surface area contributed by atoms with Gasteiger partial charge in [-0.1, -0.05) is 29.8 Å². The Bertz CT molecular complexity index is 1240. The largest absolute Gasteiger partial charge is 0.481 e. The van der Waals surface area contributed by atoms with Crippen molar-refractivity contribution >= 4 is 34.4 Å². The van der Waals surface area contributed by atoms with Crippen molar-refractivity contribution in [1.82, 2.24) is 4.90 Å². The van der Waals surface area contributed by atoms with Crippen LogP contribution in [0.5, 0.6) is 5.75 Å². The molecule has 166 valence electrons. The topological polar surface area (TPSA) is 97.0 Å². The van der Waals surface area contributed by atoms with Gasteiger partial charge in [0.05, 0.1) is 5.92 Å². The molecule has 1 saturated heterocycles. The van der Waals surface area contributed by atoms with Gasteiger partial charge in [-0.3, -0.25) is 9.59 Å². The number of amides is 1. The molecule has 32 heavy (non-hydrogen) atoms. The molecule has 1 aromatic heterocycles. The summed E-state index contributed by atoms with van der Waals surface area (Å²) >= 11 is 6.31. The summed E-state index contributed by atoms with van der Waals surface area (Å²) in [7, 11) is 0. The molecule has 7 nitrogen and oxygen atoms in total. The first-order valence-electron chi connectivity index (χ1n) is 10.3. The van der Waals surface area contributed by atoms with E-state index in [2.05, 4.69) is 0 Å². The normalized spacial score (nSPS) is 17.2. The minimum Gasteiger partial charge on any atom is -0.481 e. The Balaban J connectivity index is 1.58. The number of fused-ring (bicyclic) bond motifs is 1. The van der Waals surface area contributed by atoms with Gasteiger partial charge < -0.3 is 19.2 Å². The molecule has 1 N–H and O–H groups in total. The standard InChI is InChI=1S/C24H22ClNO6/c1-14(23(28)26-10-4-5-15(13-26)24(29)30)31-16-8-9-18-19(12-22(27)32-21(18)11-16)17-6-2-3-7-20(17)25/h2-3,6-9,11-12,14-15H,4-5,10,13H2,1H3,(H,29,30)/t14?,15-/m0/s1. The highest BCUT2D eigenvalue weighted by Crippen LogP contribution is 2.34. The summed E-state index contributed by atoms with van der Waals surface area (Å²) in [5.74, 6) is -1.36. The Morgan fingerprint density at radius 3 is 2.72 bits per heavy atom. The molecule has 3 aromatic rings. The number of aliphatic carboxylic acids is 1. The van der Waals surface area contributed by atoms with Crippen molar-refractivity contribution in [3.05, 3.63) is 64.0 Å². The Hall–Kier alpha value is -3.32. The highest BCUT2D eigenvalue weighted by Gasteiger charge is 2.31. The smallest absolute Gasteiger partial charge is 0.336 e. The van der Waals surface area contributed by atoms with Gasteiger partial charge in [-0.2, -0.15) is 0 Å². The van der Waals surface area contributed by atoms with Crippen molar-refractivity contribution in [2.45, 2.75) is 25.9 Å². The summed E-state index contributed by atoms with van der Waals surface area (Å²) in [5.41, 5.74) is 1.14. The van der Waals surface area contributed by atoms with Gasteiger partial charge >= 0.3 is 11.6 Å². The molecule has 1 fully saturated rings. The van der Waals surface area contributed by atoms with Crippen molar-refractivity contribution in [2.75, 3.05) is 13.1 Å². The molecule has 2 heterocycles. The number of halogens is 1. The Morgan fingerprint density at radius 1 is 1.19 bits per heavy atom. The van der Waals surface area contributed by atoms with Crippen LogP contribution in [0.1, 0.15) is 19.8 Å². The van der Waals surface area contributed by atoms with E-state index in [0.717, 1.165) is 0 Å². The zero-order valence-electron chi connectivity index (χ0n) is 17.4. The average Bonchev–Trinajstić information content (AvgIpc) is 2.78. The van der Waals surface area contributed by atoms with Crippen molar-refractivity contribution < 1.29 is 23.8 Å². The van der Waals surface area contributed by atoms with E-state index in [0.29, 0.717) is 52.3 Å². The molecule has 1 aliphatic rings. The van der Waals surface area contributed by atoms with Crippen molar-refractivity contribution in [1.29, 1.82) is 0 Å². The second kappa shape index (κ2) is 9.04. The number of carbonyl (C=O) groups excluding carboxylic acids is 1. The van der Waals surface area contributed by atoms with Crippen LogP contribution in [0.4, 0.5) is 0 Å². The second-order valence-corrected chi connectivity index (χ2v) is 8.25. The van der Waals surface area contributed by atoms with Gasteiger partial charge in [-0.25, -0.2) is 4.79 Å². The highest BCUT2D eigenvalue weighted by atomic mass is 35.5. The molecule has 0 spiro atoms. The minimum absolute atomic E-state index is 0.176. The second-order valence-electron chi connectivity index (χ2n) is 7.84. The number of rotatable bonds is 5. The summed E-state index contributed by atoms with van der Waals surface area (Å²) in [6.45, 7) is 2.30. The van der Waals surface area contributed by atoms with E-state index in [1.54, 1.807) is 31.2 Å². The van der Waals surface area contributed by atoms with Gasteiger partial charge in [0.25, 0.3) is 5.91 Å². The average molecular weight is 456 g/mol. The van der Waals surface area contributed by atoms with Gasteiger partial charge in [0.15, 0.2) is 6.10 Å². The van der Waals surface area contributed by atoms with Crippen LogP contribution in [0.25, 0.3) is 22.1 Å². The van der Waals surface area contributed by atoms with Crippen LogP contribution in [0, 0.1) is 5.92 Å². The molecule has 2 aromatic carbocycles. The third-order valence-corrected chi connectivity index (χ3v) is 5.95. The van der Waals surface area contributed by atoms with Gasteiger partial charge in [0.1, 0.15) is 11.3 Å². The predicted molar refractivity (Wildman–Crippen MR) is 120 cm³/mol. The molecular formula is C24H22ClNO6. The quantitative estimate of drug-likeness (QED) is 0.579. The van der Waals surface area contributed by atoms with E-state index in [1.807, 2.05) is 18.2 Å². The Morgan fingerprint density at radius 2 is 1.97 bits per heavy atom. The number of likely N-dealkylation sites (tertiary alicyclic amines) is 1. The van der Waals surface area contributed by atoms with Gasteiger partial charge in [0.2, 0.25) is 0 Å². The number of hydrogen-bond donors (Lipinski definition) is 1. The number of piperidine rings is 1. The third-order valence-electron chi connectivity index (χ3n) is 5.62. The van der Waals surface area contributed by atoms with Gasteiger partial charge in [-0.05, 0) is 38.0 Å². The fourth-order valence-electron chi connectivity index (χ4n) is 4.01. The monoisotopic (exact) mass is 455 g/mol.